The number of tetrazole rings is 1. The minimum Gasteiger partial charge on any atom is -0.508 e. The topological polar surface area (TPSA) is 123 Å². The zero-order valence-corrected chi connectivity index (χ0v) is 21.3. The number of pyridine rings is 1. The van der Waals surface area contributed by atoms with E-state index in [0.29, 0.717) is 23.7 Å². The van der Waals surface area contributed by atoms with Gasteiger partial charge in [0.25, 0.3) is 5.56 Å². The van der Waals surface area contributed by atoms with Gasteiger partial charge in [0.2, 0.25) is 5.82 Å². The second kappa shape index (κ2) is 10.4. The number of quaternary nitrogens is 1. The van der Waals surface area contributed by atoms with Crippen molar-refractivity contribution in [3.8, 4) is 11.5 Å². The number of anilines is 1. The summed E-state index contributed by atoms with van der Waals surface area (Å²) in [4.78, 5) is 20.1. The lowest BCUT2D eigenvalue weighted by Crippen LogP contribution is -3.15. The molecule has 0 saturated carbocycles. The van der Waals surface area contributed by atoms with Crippen LogP contribution in [0.4, 0.5) is 5.69 Å². The molecule has 0 amide bonds. The molecule has 2 atom stereocenters. The van der Waals surface area contributed by atoms with Gasteiger partial charge in [-0.1, -0.05) is 0 Å². The Morgan fingerprint density at radius 3 is 2.74 bits per heavy atom. The average molecular weight is 519 g/mol. The van der Waals surface area contributed by atoms with E-state index in [9.17, 15) is 9.90 Å². The molecular weight excluding hydrogens is 486 g/mol. The highest BCUT2D eigenvalue weighted by molar-refractivity contribution is 5.80. The van der Waals surface area contributed by atoms with Crippen molar-refractivity contribution in [3.05, 3.63) is 70.3 Å². The maximum Gasteiger partial charge on any atom is 0.258 e. The van der Waals surface area contributed by atoms with E-state index < -0.39 is 0 Å². The van der Waals surface area contributed by atoms with Gasteiger partial charge < -0.3 is 29.4 Å². The first-order chi connectivity index (χ1) is 18.6. The van der Waals surface area contributed by atoms with Crippen LogP contribution in [-0.2, 0) is 11.3 Å². The van der Waals surface area contributed by atoms with Crippen LogP contribution in [0.25, 0.3) is 10.9 Å². The molecule has 0 radical (unpaired) electrons. The zero-order chi connectivity index (χ0) is 26.1. The molecule has 3 N–H and O–H groups in total. The maximum atomic E-state index is 13.5. The number of benzene rings is 2. The summed E-state index contributed by atoms with van der Waals surface area (Å²) in [6.45, 7) is 4.49. The van der Waals surface area contributed by atoms with Crippen molar-refractivity contribution in [2.45, 2.75) is 31.5 Å². The number of hydrogen-bond donors (Lipinski definition) is 3. The third kappa shape index (κ3) is 4.82. The molecule has 4 heterocycles. The maximum absolute atomic E-state index is 13.5. The number of nitrogens with one attached hydrogen (secondary N) is 2. The number of H-pyrrole nitrogens is 1. The number of ether oxygens (including phenoxy) is 2. The number of aromatic hydroxyl groups is 1. The van der Waals surface area contributed by atoms with Gasteiger partial charge in [0, 0.05) is 18.4 Å². The Morgan fingerprint density at radius 2 is 2.00 bits per heavy atom. The summed E-state index contributed by atoms with van der Waals surface area (Å²) in [5, 5.41) is 23.4. The van der Waals surface area contributed by atoms with Gasteiger partial charge >= 0.3 is 0 Å². The third-order valence-electron chi connectivity index (χ3n) is 7.64. The highest BCUT2D eigenvalue weighted by atomic mass is 16.5. The smallest absolute Gasteiger partial charge is 0.258 e. The van der Waals surface area contributed by atoms with Crippen LogP contribution in [0, 0.1) is 0 Å². The summed E-state index contributed by atoms with van der Waals surface area (Å²) < 4.78 is 13.0. The predicted molar refractivity (Wildman–Crippen MR) is 141 cm³/mol. The van der Waals surface area contributed by atoms with E-state index in [4.69, 9.17) is 9.47 Å². The molecule has 2 aliphatic heterocycles. The Bertz CT molecular complexity index is 1450. The van der Waals surface area contributed by atoms with Crippen LogP contribution in [0.5, 0.6) is 11.5 Å². The van der Waals surface area contributed by atoms with E-state index in [1.54, 1.807) is 19.2 Å². The largest absolute Gasteiger partial charge is 0.508 e. The molecule has 4 aromatic rings. The molecule has 2 aromatic heterocycles. The molecule has 0 bridgehead atoms. The van der Waals surface area contributed by atoms with Crippen molar-refractivity contribution in [2.24, 2.45) is 0 Å². The molecule has 198 valence electrons. The van der Waals surface area contributed by atoms with Gasteiger partial charge in [-0.25, -0.2) is 4.68 Å². The van der Waals surface area contributed by atoms with E-state index in [1.807, 2.05) is 41.1 Å². The van der Waals surface area contributed by atoms with Crippen molar-refractivity contribution in [3.63, 3.8) is 0 Å². The van der Waals surface area contributed by atoms with Gasteiger partial charge in [-0.2, -0.15) is 0 Å². The summed E-state index contributed by atoms with van der Waals surface area (Å²) in [6, 6.07) is 14.6. The fraction of sp³-hybridized carbons (Fsp3) is 0.407. The fourth-order valence-electron chi connectivity index (χ4n) is 5.61. The van der Waals surface area contributed by atoms with Crippen LogP contribution in [0.3, 0.4) is 0 Å². The molecule has 0 unspecified atom stereocenters. The first kappa shape index (κ1) is 24.4. The summed E-state index contributed by atoms with van der Waals surface area (Å²) in [7, 11) is 1.61. The Hall–Kier alpha value is -3.96. The summed E-state index contributed by atoms with van der Waals surface area (Å²) in [6.07, 6.45) is 2.08. The fourth-order valence-corrected chi connectivity index (χ4v) is 5.61. The average Bonchev–Trinajstić information content (AvgIpc) is 3.63. The first-order valence-electron chi connectivity index (χ1n) is 13.1. The van der Waals surface area contributed by atoms with Gasteiger partial charge in [-0.15, -0.1) is 5.10 Å². The molecule has 2 saturated heterocycles. The second-order valence-electron chi connectivity index (χ2n) is 9.96. The Labute approximate surface area is 219 Å². The number of rotatable bonds is 7. The molecular formula is C27H32N7O4+. The number of phenols is 1. The molecule has 2 aliphatic rings. The van der Waals surface area contributed by atoms with Crippen molar-refractivity contribution in [1.82, 2.24) is 25.2 Å². The van der Waals surface area contributed by atoms with Crippen molar-refractivity contribution >= 4 is 16.6 Å². The van der Waals surface area contributed by atoms with E-state index in [2.05, 4.69) is 25.4 Å². The lowest BCUT2D eigenvalue weighted by Gasteiger charge is -2.37. The van der Waals surface area contributed by atoms with E-state index in [1.165, 1.54) is 4.90 Å². The Kier molecular flexibility index (Phi) is 6.69. The van der Waals surface area contributed by atoms with Gasteiger partial charge in [0.1, 0.15) is 11.5 Å². The molecule has 0 spiro atoms. The summed E-state index contributed by atoms with van der Waals surface area (Å²) in [5.74, 6) is 1.62. The van der Waals surface area contributed by atoms with Crippen LogP contribution < -0.4 is 20.1 Å². The lowest BCUT2D eigenvalue weighted by atomic mass is 10.0. The van der Waals surface area contributed by atoms with E-state index in [-0.39, 0.29) is 23.5 Å². The number of aromatic amines is 1. The van der Waals surface area contributed by atoms with Crippen LogP contribution in [0.2, 0.25) is 0 Å². The van der Waals surface area contributed by atoms with Gasteiger partial charge in [0.05, 0.1) is 57.0 Å². The monoisotopic (exact) mass is 518 g/mol. The minimum absolute atomic E-state index is 0.0709. The van der Waals surface area contributed by atoms with Crippen LogP contribution in [0.1, 0.15) is 30.3 Å². The minimum atomic E-state index is -0.344. The van der Waals surface area contributed by atoms with Crippen LogP contribution >= 0.6 is 0 Å². The number of piperazine rings is 1. The van der Waals surface area contributed by atoms with Gasteiger partial charge in [0.15, 0.2) is 6.04 Å². The van der Waals surface area contributed by atoms with Crippen molar-refractivity contribution in [1.29, 1.82) is 0 Å². The molecule has 38 heavy (non-hydrogen) atoms. The van der Waals surface area contributed by atoms with Crippen molar-refractivity contribution < 1.29 is 19.5 Å². The zero-order valence-electron chi connectivity index (χ0n) is 21.3. The number of phenolic OH excluding ortho intramolecular Hbond substituents is 1. The van der Waals surface area contributed by atoms with Gasteiger partial charge in [-0.05, 0) is 71.1 Å². The van der Waals surface area contributed by atoms with E-state index >= 15 is 0 Å². The quantitative estimate of drug-likeness (QED) is 0.330. The standard InChI is InChI=1S/C27H31N7O4/c1-37-21-9-4-18-15-23(27(36)28-24(18)16-21)25(26-29-30-31-34(26)17-22-3-2-14-38-22)33-12-10-32(11-13-33)19-5-7-20(35)8-6-19/h4-9,15-16,22,25,35H,2-3,10-14,17H2,1H3,(H,28,36)/p+1/t22-,25-/m1/s1. The van der Waals surface area contributed by atoms with E-state index in [0.717, 1.165) is 62.2 Å². The molecule has 11 heteroatoms. The third-order valence-corrected chi connectivity index (χ3v) is 7.64. The summed E-state index contributed by atoms with van der Waals surface area (Å²) in [5.41, 5.74) is 2.28. The molecule has 11 nitrogen and oxygen atoms in total. The number of methoxy groups -OCH3 is 1. The number of nitrogens with zero attached hydrogens (tertiary/aromatic N) is 5. The number of fused-ring (bicyclic) bond motifs is 1. The van der Waals surface area contributed by atoms with Gasteiger partial charge in [-0.3, -0.25) is 4.79 Å². The highest BCUT2D eigenvalue weighted by Gasteiger charge is 2.37. The van der Waals surface area contributed by atoms with Crippen LogP contribution in [-0.4, -0.2) is 76.3 Å². The Morgan fingerprint density at radius 1 is 1.18 bits per heavy atom. The number of hydrogen-bond acceptors (Lipinski definition) is 8. The molecule has 2 fully saturated rings. The Balaban J connectivity index is 1.35. The summed E-state index contributed by atoms with van der Waals surface area (Å²) >= 11 is 0. The van der Waals surface area contributed by atoms with Crippen molar-refractivity contribution in [2.75, 3.05) is 44.8 Å². The molecule has 2 aromatic carbocycles. The first-order valence-corrected chi connectivity index (χ1v) is 13.1. The molecule has 6 rings (SSSR count). The van der Waals surface area contributed by atoms with Crippen LogP contribution in [0.15, 0.2) is 53.3 Å². The normalized spacial score (nSPS) is 19.2. The lowest BCUT2D eigenvalue weighted by molar-refractivity contribution is -0.927. The predicted octanol–water partition coefficient (Wildman–Crippen LogP) is 0.902. The highest BCUT2D eigenvalue weighted by Crippen LogP contribution is 2.24. The number of aromatic nitrogens is 5. The second-order valence-corrected chi connectivity index (χ2v) is 9.96. The SMILES string of the molecule is COc1ccc2cc([C@H](c3nnnn3C[C@H]3CCCO3)[NH+]3CCN(c4ccc(O)cc4)CC3)c(=O)[nH]c2c1. The molecule has 0 aliphatic carbocycles.